The molecule has 26 heavy (non-hydrogen) atoms. The Kier molecular flexibility index (Phi) is 4.13. The van der Waals surface area contributed by atoms with Crippen molar-refractivity contribution in [3.63, 3.8) is 0 Å². The summed E-state index contributed by atoms with van der Waals surface area (Å²) in [7, 11) is 0. The van der Waals surface area contributed by atoms with Gasteiger partial charge in [0.2, 0.25) is 5.91 Å². The lowest BCUT2D eigenvalue weighted by atomic mass is 10.1. The molecule has 3 aromatic rings. The van der Waals surface area contributed by atoms with Crippen molar-refractivity contribution in [3.8, 4) is 11.6 Å². The van der Waals surface area contributed by atoms with Gasteiger partial charge in [-0.3, -0.25) is 4.79 Å². The van der Waals surface area contributed by atoms with E-state index < -0.39 is 5.76 Å². The van der Waals surface area contributed by atoms with E-state index in [1.807, 2.05) is 0 Å². The van der Waals surface area contributed by atoms with Crippen LogP contribution in [0.4, 0.5) is 5.82 Å². The number of hydrogen-bond acceptors (Lipinski definition) is 8. The maximum absolute atomic E-state index is 12.4. The quantitative estimate of drug-likeness (QED) is 0.563. The van der Waals surface area contributed by atoms with Gasteiger partial charge in [0.1, 0.15) is 17.5 Å². The normalized spacial score (nSPS) is 15.4. The number of carbonyl (C=O) groups is 1. The molecule has 0 bridgehead atoms. The molecule has 0 spiro atoms. The summed E-state index contributed by atoms with van der Waals surface area (Å²) in [5, 5.41) is 13.1. The van der Waals surface area contributed by atoms with Crippen molar-refractivity contribution < 1.29 is 13.9 Å². The average molecular weight is 359 g/mol. The third-order valence-corrected chi connectivity index (χ3v) is 4.26. The molecule has 4 heterocycles. The van der Waals surface area contributed by atoms with E-state index in [-0.39, 0.29) is 30.1 Å². The number of ether oxygens (including phenoxy) is 1. The van der Waals surface area contributed by atoms with Crippen molar-refractivity contribution in [1.29, 1.82) is 0 Å². The largest absolute Gasteiger partial charge is 0.434 e. The number of fused-ring (bicyclic) bond motifs is 1. The van der Waals surface area contributed by atoms with E-state index in [1.54, 1.807) is 6.07 Å². The van der Waals surface area contributed by atoms with Crippen molar-refractivity contribution in [3.05, 3.63) is 28.5 Å². The fraction of sp³-hybridized carbons (Fsp3) is 0.400. The van der Waals surface area contributed by atoms with Crippen LogP contribution in [0, 0.1) is 0 Å². The molecule has 0 atom stereocenters. The van der Waals surface area contributed by atoms with Gasteiger partial charge in [0.05, 0.1) is 6.42 Å². The second-order valence-electron chi connectivity index (χ2n) is 6.01. The highest BCUT2D eigenvalue weighted by molar-refractivity contribution is 5.85. The molecular weight excluding hydrogens is 342 g/mol. The predicted octanol–water partition coefficient (Wildman–Crippen LogP) is -0.508. The molecule has 11 nitrogen and oxygen atoms in total. The topological polar surface area (TPSA) is 153 Å². The first-order valence-corrected chi connectivity index (χ1v) is 8.16. The lowest BCUT2D eigenvalue weighted by Crippen LogP contribution is -2.39. The minimum atomic E-state index is -0.684. The van der Waals surface area contributed by atoms with Crippen molar-refractivity contribution in [1.82, 2.24) is 30.1 Å². The summed E-state index contributed by atoms with van der Waals surface area (Å²) in [4.78, 5) is 27.7. The fourth-order valence-electron chi connectivity index (χ4n) is 3.06. The molecule has 11 heteroatoms. The molecule has 1 saturated heterocycles. The van der Waals surface area contributed by atoms with Gasteiger partial charge in [-0.15, -0.1) is 5.10 Å². The van der Waals surface area contributed by atoms with Crippen LogP contribution < -0.4 is 16.8 Å². The number of aromatic nitrogens is 5. The van der Waals surface area contributed by atoms with E-state index in [0.717, 1.165) is 12.8 Å². The van der Waals surface area contributed by atoms with Crippen LogP contribution in [0.3, 0.4) is 0 Å². The summed E-state index contributed by atoms with van der Waals surface area (Å²) in [6, 6.07) is 1.77. The van der Waals surface area contributed by atoms with Crippen LogP contribution in [0.2, 0.25) is 0 Å². The zero-order chi connectivity index (χ0) is 18.1. The van der Waals surface area contributed by atoms with Crippen molar-refractivity contribution in [2.75, 3.05) is 18.9 Å². The first-order chi connectivity index (χ1) is 12.6. The third kappa shape index (κ3) is 3.04. The Morgan fingerprint density at radius 2 is 2.23 bits per heavy atom. The van der Waals surface area contributed by atoms with E-state index in [9.17, 15) is 9.59 Å². The van der Waals surface area contributed by atoms with Crippen LogP contribution in [-0.2, 0) is 16.0 Å². The molecule has 1 fully saturated rings. The van der Waals surface area contributed by atoms with Gasteiger partial charge in [0, 0.05) is 19.3 Å². The zero-order valence-corrected chi connectivity index (χ0v) is 13.8. The van der Waals surface area contributed by atoms with Crippen LogP contribution >= 0.6 is 0 Å². The van der Waals surface area contributed by atoms with Crippen LogP contribution in [-0.4, -0.2) is 50.0 Å². The summed E-state index contributed by atoms with van der Waals surface area (Å²) < 4.78 is 11.7. The van der Waals surface area contributed by atoms with Gasteiger partial charge in [-0.05, 0) is 24.5 Å². The van der Waals surface area contributed by atoms with Gasteiger partial charge in [0.25, 0.3) is 5.89 Å². The number of amides is 1. The first kappa shape index (κ1) is 16.3. The van der Waals surface area contributed by atoms with E-state index in [2.05, 4.69) is 25.6 Å². The van der Waals surface area contributed by atoms with Gasteiger partial charge >= 0.3 is 5.76 Å². The minimum absolute atomic E-state index is 0.0548. The number of nitrogens with zero attached hydrogens (tertiary/aromatic N) is 4. The number of nitrogen functional groups attached to an aromatic ring is 1. The number of nitrogens with two attached hydrogens (primary N) is 1. The van der Waals surface area contributed by atoms with Gasteiger partial charge < -0.3 is 20.2 Å². The summed E-state index contributed by atoms with van der Waals surface area (Å²) in [6.07, 6.45) is 2.95. The fourth-order valence-corrected chi connectivity index (χ4v) is 3.06. The number of hydrogen-bond donors (Lipinski definition) is 3. The molecule has 4 rings (SSSR count). The zero-order valence-electron chi connectivity index (χ0n) is 13.8. The minimum Gasteiger partial charge on any atom is -0.386 e. The molecule has 3 aromatic heterocycles. The number of anilines is 1. The monoisotopic (exact) mass is 359 g/mol. The second kappa shape index (κ2) is 6.59. The molecule has 0 unspecified atom stereocenters. The Bertz CT molecular complexity index is 999. The predicted molar refractivity (Wildman–Crippen MR) is 89.2 cm³/mol. The van der Waals surface area contributed by atoms with Gasteiger partial charge in [-0.25, -0.2) is 19.4 Å². The Balaban J connectivity index is 1.66. The number of aromatic amines is 1. The van der Waals surface area contributed by atoms with E-state index >= 15 is 0 Å². The van der Waals surface area contributed by atoms with Crippen LogP contribution in [0.15, 0.2) is 21.6 Å². The van der Waals surface area contributed by atoms with E-state index in [4.69, 9.17) is 14.9 Å². The Labute approximate surface area is 146 Å². The summed E-state index contributed by atoms with van der Waals surface area (Å²) >= 11 is 0. The summed E-state index contributed by atoms with van der Waals surface area (Å²) in [5.74, 6) is -0.546. The van der Waals surface area contributed by atoms with Crippen LogP contribution in [0.25, 0.3) is 17.1 Å². The first-order valence-electron chi connectivity index (χ1n) is 8.16. The van der Waals surface area contributed by atoms with Crippen molar-refractivity contribution in [2.24, 2.45) is 0 Å². The van der Waals surface area contributed by atoms with Crippen LogP contribution in [0.5, 0.6) is 0 Å². The van der Waals surface area contributed by atoms with Crippen molar-refractivity contribution in [2.45, 2.75) is 25.3 Å². The van der Waals surface area contributed by atoms with Crippen LogP contribution in [0.1, 0.15) is 18.4 Å². The molecular formula is C15H17N7O4. The summed E-state index contributed by atoms with van der Waals surface area (Å²) in [5.41, 5.74) is 7.48. The maximum Gasteiger partial charge on any atom is 0.434 e. The lowest BCUT2D eigenvalue weighted by Gasteiger charge is -2.23. The molecule has 4 N–H and O–H groups in total. The molecule has 0 aromatic carbocycles. The Morgan fingerprint density at radius 1 is 1.42 bits per heavy atom. The average Bonchev–Trinajstić information content (AvgIpc) is 3.20. The lowest BCUT2D eigenvalue weighted by molar-refractivity contribution is -0.121. The number of carbonyl (C=O) groups excluding carboxylic acids is 1. The highest BCUT2D eigenvalue weighted by Crippen LogP contribution is 2.26. The smallest absolute Gasteiger partial charge is 0.386 e. The standard InChI is InChI=1S/C15H17N7O4/c16-13-12-8(6-11(23)19-9-1-3-25-4-2-9)5-10(22(12)18-7-17-13)14-20-21-15(24)26-14/h5,7,9H,1-4,6H2,(H,19,23)(H,21,24)(H2,16,17,18). The Morgan fingerprint density at radius 3 is 2.96 bits per heavy atom. The van der Waals surface area contributed by atoms with E-state index in [0.29, 0.717) is 30.0 Å². The molecule has 1 aliphatic rings. The van der Waals surface area contributed by atoms with Gasteiger partial charge in [-0.2, -0.15) is 5.10 Å². The number of rotatable bonds is 4. The second-order valence-corrected chi connectivity index (χ2v) is 6.01. The van der Waals surface area contributed by atoms with Crippen molar-refractivity contribution >= 4 is 17.2 Å². The highest BCUT2D eigenvalue weighted by atomic mass is 16.5. The number of H-pyrrole nitrogens is 1. The molecule has 0 saturated carbocycles. The maximum atomic E-state index is 12.4. The molecule has 1 aliphatic heterocycles. The SMILES string of the molecule is Nc1ncnn2c(-c3n[nH]c(=O)o3)cc(CC(=O)NC3CCOCC3)c12. The highest BCUT2D eigenvalue weighted by Gasteiger charge is 2.22. The number of nitrogens with one attached hydrogen (secondary N) is 2. The summed E-state index contributed by atoms with van der Waals surface area (Å²) in [6.45, 7) is 1.28. The van der Waals surface area contributed by atoms with E-state index in [1.165, 1.54) is 10.8 Å². The molecule has 0 aliphatic carbocycles. The van der Waals surface area contributed by atoms with Gasteiger partial charge in [0.15, 0.2) is 5.82 Å². The molecule has 0 radical (unpaired) electrons. The third-order valence-electron chi connectivity index (χ3n) is 4.26. The van der Waals surface area contributed by atoms with Gasteiger partial charge in [-0.1, -0.05) is 0 Å². The molecule has 136 valence electrons. The Hall–Kier alpha value is -3.21. The molecule has 1 amide bonds.